The fourth-order valence-corrected chi connectivity index (χ4v) is 4.13. The Morgan fingerprint density at radius 3 is 2.39 bits per heavy atom. The van der Waals surface area contributed by atoms with Gasteiger partial charge in [0.05, 0.1) is 12.7 Å². The van der Waals surface area contributed by atoms with Gasteiger partial charge in [-0.1, -0.05) is 0 Å². The molecule has 0 saturated carbocycles. The molecule has 0 radical (unpaired) electrons. The topological polar surface area (TPSA) is 78.9 Å². The molecule has 0 aromatic carbocycles. The van der Waals surface area contributed by atoms with Gasteiger partial charge in [0.15, 0.2) is 5.96 Å². The van der Waals surface area contributed by atoms with Crippen molar-refractivity contribution in [2.24, 2.45) is 4.99 Å². The summed E-state index contributed by atoms with van der Waals surface area (Å²) in [6.07, 6.45) is 2.33. The summed E-state index contributed by atoms with van der Waals surface area (Å²) in [6.45, 7) is 13.8. The van der Waals surface area contributed by atoms with Crippen molar-refractivity contribution in [3.05, 3.63) is 0 Å². The van der Waals surface area contributed by atoms with Crippen LogP contribution in [0.1, 0.15) is 33.6 Å². The number of halogens is 1. The first-order valence-electron chi connectivity index (χ1n) is 11.2. The second kappa shape index (κ2) is 12.4. The maximum atomic E-state index is 12.2. The van der Waals surface area contributed by atoms with Crippen molar-refractivity contribution in [3.8, 4) is 0 Å². The van der Waals surface area contributed by atoms with Gasteiger partial charge >= 0.3 is 6.09 Å². The standard InChI is InChI=1S/C21H39N5O4.HI/c1-21(2,3)30-20(27)25-11-9-24(10-12-25)8-7-23-19(22-4)26-13-15-29-18(16-26)17-6-5-14-28-17;/h17-18H,5-16H2,1-4H3,(H,22,23);1H. The molecule has 2 unspecified atom stereocenters. The number of nitrogens with one attached hydrogen (secondary N) is 1. The molecule has 3 rings (SSSR count). The average molecular weight is 553 g/mol. The van der Waals surface area contributed by atoms with E-state index in [1.54, 1.807) is 4.90 Å². The summed E-state index contributed by atoms with van der Waals surface area (Å²) in [5.41, 5.74) is -0.448. The summed E-state index contributed by atoms with van der Waals surface area (Å²) in [5, 5.41) is 3.50. The molecular weight excluding hydrogens is 513 g/mol. The maximum absolute atomic E-state index is 12.2. The second-order valence-corrected chi connectivity index (χ2v) is 9.19. The summed E-state index contributed by atoms with van der Waals surface area (Å²) in [6, 6.07) is 0. The number of hydrogen-bond donors (Lipinski definition) is 1. The van der Waals surface area contributed by atoms with Crippen molar-refractivity contribution in [2.75, 3.05) is 72.6 Å². The van der Waals surface area contributed by atoms with Crippen LogP contribution in [0.5, 0.6) is 0 Å². The van der Waals surface area contributed by atoms with Crippen molar-refractivity contribution in [1.82, 2.24) is 20.0 Å². The van der Waals surface area contributed by atoms with Gasteiger partial charge in [0.1, 0.15) is 11.7 Å². The Hall–Kier alpha value is -0.850. The highest BCUT2D eigenvalue weighted by molar-refractivity contribution is 14.0. The van der Waals surface area contributed by atoms with Gasteiger partial charge in [0.2, 0.25) is 0 Å². The molecule has 0 aromatic heterocycles. The number of hydrogen-bond acceptors (Lipinski definition) is 6. The third-order valence-corrected chi connectivity index (χ3v) is 5.72. The van der Waals surface area contributed by atoms with E-state index in [9.17, 15) is 4.79 Å². The van der Waals surface area contributed by atoms with E-state index in [-0.39, 0.29) is 42.3 Å². The lowest BCUT2D eigenvalue weighted by Gasteiger charge is -2.38. The number of amides is 1. The SMILES string of the molecule is CN=C(NCCN1CCN(C(=O)OC(C)(C)C)CC1)N1CCOC(C2CCCO2)C1.I. The zero-order valence-corrected chi connectivity index (χ0v) is 21.8. The number of carbonyl (C=O) groups is 1. The number of guanidine groups is 1. The first kappa shape index (κ1) is 26.4. The molecule has 0 spiro atoms. The molecule has 10 heteroatoms. The highest BCUT2D eigenvalue weighted by Crippen LogP contribution is 2.21. The number of carbonyl (C=O) groups excluding carboxylic acids is 1. The first-order chi connectivity index (χ1) is 14.4. The van der Waals surface area contributed by atoms with E-state index in [4.69, 9.17) is 14.2 Å². The van der Waals surface area contributed by atoms with E-state index in [1.807, 2.05) is 27.8 Å². The molecule has 31 heavy (non-hydrogen) atoms. The van der Waals surface area contributed by atoms with E-state index in [0.29, 0.717) is 19.7 Å². The first-order valence-corrected chi connectivity index (χ1v) is 11.2. The quantitative estimate of drug-likeness (QED) is 0.322. The van der Waals surface area contributed by atoms with E-state index < -0.39 is 5.60 Å². The molecule has 9 nitrogen and oxygen atoms in total. The molecule has 3 fully saturated rings. The molecule has 1 N–H and O–H groups in total. The van der Waals surface area contributed by atoms with Crippen LogP contribution in [0.15, 0.2) is 4.99 Å². The number of piperazine rings is 1. The van der Waals surface area contributed by atoms with Crippen molar-refractivity contribution in [3.63, 3.8) is 0 Å². The lowest BCUT2D eigenvalue weighted by atomic mass is 10.1. The predicted molar refractivity (Wildman–Crippen MR) is 131 cm³/mol. The Morgan fingerprint density at radius 1 is 1.06 bits per heavy atom. The zero-order chi connectivity index (χ0) is 21.6. The van der Waals surface area contributed by atoms with Crippen LogP contribution >= 0.6 is 24.0 Å². The van der Waals surface area contributed by atoms with Crippen LogP contribution in [0.2, 0.25) is 0 Å². The largest absolute Gasteiger partial charge is 0.444 e. The van der Waals surface area contributed by atoms with Gasteiger partial charge in [-0.25, -0.2) is 4.79 Å². The minimum absolute atomic E-state index is 0. The van der Waals surface area contributed by atoms with E-state index in [2.05, 4.69) is 20.1 Å². The third-order valence-electron chi connectivity index (χ3n) is 5.72. The van der Waals surface area contributed by atoms with Gasteiger partial charge < -0.3 is 29.3 Å². The van der Waals surface area contributed by atoms with Gasteiger partial charge in [0.25, 0.3) is 0 Å². The summed E-state index contributed by atoms with van der Waals surface area (Å²) in [5.74, 6) is 0.925. The molecule has 180 valence electrons. The zero-order valence-electron chi connectivity index (χ0n) is 19.5. The lowest BCUT2D eigenvalue weighted by Crippen LogP contribution is -2.55. The van der Waals surface area contributed by atoms with Crippen molar-refractivity contribution in [1.29, 1.82) is 0 Å². The van der Waals surface area contributed by atoms with Crippen LogP contribution in [0.25, 0.3) is 0 Å². The lowest BCUT2D eigenvalue weighted by molar-refractivity contribution is -0.0817. The summed E-state index contributed by atoms with van der Waals surface area (Å²) < 4.78 is 17.2. The third kappa shape index (κ3) is 8.21. The average Bonchev–Trinajstić information content (AvgIpc) is 3.25. The smallest absolute Gasteiger partial charge is 0.410 e. The molecule has 3 heterocycles. The van der Waals surface area contributed by atoms with Crippen LogP contribution in [-0.2, 0) is 14.2 Å². The van der Waals surface area contributed by atoms with Gasteiger partial charge in [0, 0.05) is 66.0 Å². The molecule has 3 aliphatic rings. The molecule has 0 bridgehead atoms. The van der Waals surface area contributed by atoms with Gasteiger partial charge in [-0.2, -0.15) is 0 Å². The molecule has 1 amide bonds. The Morgan fingerprint density at radius 2 is 1.77 bits per heavy atom. The fraction of sp³-hybridized carbons (Fsp3) is 0.905. The van der Waals surface area contributed by atoms with Gasteiger partial charge in [-0.3, -0.25) is 9.89 Å². The fourth-order valence-electron chi connectivity index (χ4n) is 4.13. The van der Waals surface area contributed by atoms with Gasteiger partial charge in [-0.05, 0) is 33.6 Å². The number of morpholine rings is 1. The Kier molecular flexibility index (Phi) is 10.6. The van der Waals surface area contributed by atoms with Crippen LogP contribution in [0.4, 0.5) is 4.79 Å². The van der Waals surface area contributed by atoms with Crippen LogP contribution < -0.4 is 5.32 Å². The van der Waals surface area contributed by atoms with Crippen LogP contribution in [-0.4, -0.2) is 117 Å². The van der Waals surface area contributed by atoms with Gasteiger partial charge in [-0.15, -0.1) is 24.0 Å². The van der Waals surface area contributed by atoms with Crippen molar-refractivity contribution >= 4 is 36.0 Å². The summed E-state index contributed by atoms with van der Waals surface area (Å²) in [7, 11) is 1.83. The van der Waals surface area contributed by atoms with Crippen molar-refractivity contribution in [2.45, 2.75) is 51.4 Å². The monoisotopic (exact) mass is 553 g/mol. The maximum Gasteiger partial charge on any atom is 0.410 e. The molecular formula is C21H40IN5O4. The number of rotatable bonds is 4. The molecule has 3 aliphatic heterocycles. The second-order valence-electron chi connectivity index (χ2n) is 9.19. The Labute approximate surface area is 203 Å². The van der Waals surface area contributed by atoms with E-state index in [0.717, 1.165) is 64.7 Å². The normalized spacial score (nSPS) is 25.9. The highest BCUT2D eigenvalue weighted by atomic mass is 127. The van der Waals surface area contributed by atoms with Crippen molar-refractivity contribution < 1.29 is 19.0 Å². The predicted octanol–water partition coefficient (Wildman–Crippen LogP) is 1.61. The summed E-state index contributed by atoms with van der Waals surface area (Å²) in [4.78, 5) is 23.1. The molecule has 0 aromatic rings. The number of aliphatic imine (C=N–C) groups is 1. The molecule has 2 atom stereocenters. The number of nitrogens with zero attached hydrogens (tertiary/aromatic N) is 4. The van der Waals surface area contributed by atoms with Crippen LogP contribution in [0.3, 0.4) is 0 Å². The number of ether oxygens (including phenoxy) is 3. The van der Waals surface area contributed by atoms with E-state index in [1.165, 1.54) is 0 Å². The Bertz CT molecular complexity index is 587. The minimum atomic E-state index is -0.448. The van der Waals surface area contributed by atoms with Crippen LogP contribution in [0, 0.1) is 0 Å². The summed E-state index contributed by atoms with van der Waals surface area (Å²) >= 11 is 0. The highest BCUT2D eigenvalue weighted by Gasteiger charge is 2.32. The Balaban J connectivity index is 0.00000341. The molecule has 0 aliphatic carbocycles. The molecule has 3 saturated heterocycles. The minimum Gasteiger partial charge on any atom is -0.444 e. The van der Waals surface area contributed by atoms with E-state index >= 15 is 0 Å².